The Morgan fingerprint density at radius 3 is 2.83 bits per heavy atom. The molecule has 0 aliphatic carbocycles. The number of rotatable bonds is 5. The highest BCUT2D eigenvalue weighted by Crippen LogP contribution is 2.30. The molecule has 2 rings (SSSR count). The molecule has 0 unspecified atom stereocenters. The molecule has 1 atom stereocenters. The average molecular weight is 248 g/mol. The van der Waals surface area contributed by atoms with Crippen molar-refractivity contribution < 1.29 is 9.47 Å². The number of H-pyrrole nitrogens is 1. The van der Waals surface area contributed by atoms with E-state index in [9.17, 15) is 0 Å². The normalized spacial score (nSPS) is 12.2. The molecule has 18 heavy (non-hydrogen) atoms. The topological polar surface area (TPSA) is 86.0 Å². The van der Waals surface area contributed by atoms with Gasteiger partial charge < -0.3 is 15.2 Å². The molecule has 96 valence electrons. The van der Waals surface area contributed by atoms with E-state index in [2.05, 4.69) is 15.2 Å². The van der Waals surface area contributed by atoms with Crippen LogP contribution in [0.15, 0.2) is 24.5 Å². The van der Waals surface area contributed by atoms with Crippen molar-refractivity contribution in [3.63, 3.8) is 0 Å². The van der Waals surface area contributed by atoms with Crippen LogP contribution < -0.4 is 15.2 Å². The molecule has 0 aliphatic heterocycles. The van der Waals surface area contributed by atoms with Gasteiger partial charge in [-0.15, -0.1) is 0 Å². The minimum absolute atomic E-state index is 0.364. The summed E-state index contributed by atoms with van der Waals surface area (Å²) in [5.41, 5.74) is 6.96. The number of nitrogens with two attached hydrogens (primary N) is 1. The molecule has 0 radical (unpaired) electrons. The van der Waals surface area contributed by atoms with Crippen LogP contribution in [0.3, 0.4) is 0 Å². The van der Waals surface area contributed by atoms with Crippen LogP contribution >= 0.6 is 0 Å². The predicted octanol–water partition coefficient (Wildman–Crippen LogP) is 1.26. The highest BCUT2D eigenvalue weighted by Gasteiger charge is 2.14. The third-order valence-electron chi connectivity index (χ3n) is 2.57. The Kier molecular flexibility index (Phi) is 3.78. The summed E-state index contributed by atoms with van der Waals surface area (Å²) in [5, 5.41) is 6.54. The molecule has 1 aromatic heterocycles. The highest BCUT2D eigenvalue weighted by molar-refractivity contribution is 5.44. The van der Waals surface area contributed by atoms with Crippen molar-refractivity contribution in [2.24, 2.45) is 5.73 Å². The fraction of sp³-hybridized carbons (Fsp3) is 0.333. The van der Waals surface area contributed by atoms with Crippen LogP contribution in [0.4, 0.5) is 0 Å². The van der Waals surface area contributed by atoms with Crippen molar-refractivity contribution in [3.05, 3.63) is 35.9 Å². The summed E-state index contributed by atoms with van der Waals surface area (Å²) in [6, 6.07) is 5.21. The second-order valence-electron chi connectivity index (χ2n) is 3.69. The van der Waals surface area contributed by atoms with Crippen molar-refractivity contribution >= 4 is 0 Å². The second-order valence-corrected chi connectivity index (χ2v) is 3.69. The molecule has 2 aromatic rings. The van der Waals surface area contributed by atoms with Gasteiger partial charge in [-0.3, -0.25) is 5.10 Å². The highest BCUT2D eigenvalue weighted by atomic mass is 16.5. The van der Waals surface area contributed by atoms with Gasteiger partial charge in [-0.05, 0) is 24.6 Å². The monoisotopic (exact) mass is 248 g/mol. The number of aromatic amines is 1. The lowest BCUT2D eigenvalue weighted by Crippen LogP contribution is -2.14. The Balaban J connectivity index is 2.29. The average Bonchev–Trinajstić information content (AvgIpc) is 2.92. The van der Waals surface area contributed by atoms with Gasteiger partial charge in [0.2, 0.25) is 0 Å². The van der Waals surface area contributed by atoms with E-state index in [4.69, 9.17) is 15.2 Å². The third-order valence-corrected chi connectivity index (χ3v) is 2.57. The smallest absolute Gasteiger partial charge is 0.161 e. The van der Waals surface area contributed by atoms with Gasteiger partial charge in [-0.1, -0.05) is 6.07 Å². The molecule has 6 heteroatoms. The zero-order chi connectivity index (χ0) is 13.0. The molecule has 0 saturated carbocycles. The van der Waals surface area contributed by atoms with Gasteiger partial charge in [0.25, 0.3) is 0 Å². The minimum Gasteiger partial charge on any atom is -0.493 e. The maximum atomic E-state index is 6.08. The Hall–Kier alpha value is -2.08. The van der Waals surface area contributed by atoms with Crippen LogP contribution in [0.2, 0.25) is 0 Å². The first-order valence-corrected chi connectivity index (χ1v) is 5.67. The van der Waals surface area contributed by atoms with Crippen LogP contribution in [0, 0.1) is 0 Å². The van der Waals surface area contributed by atoms with Crippen LogP contribution in [-0.4, -0.2) is 28.9 Å². The molecule has 1 aromatic carbocycles. The van der Waals surface area contributed by atoms with Crippen molar-refractivity contribution in [2.75, 3.05) is 13.7 Å². The number of nitrogens with one attached hydrogen (secondary N) is 1. The quantitative estimate of drug-likeness (QED) is 0.832. The minimum atomic E-state index is -0.364. The van der Waals surface area contributed by atoms with E-state index in [0.29, 0.717) is 23.9 Å². The van der Waals surface area contributed by atoms with E-state index in [0.717, 1.165) is 5.56 Å². The molecule has 0 fully saturated rings. The Labute approximate surface area is 105 Å². The molecule has 0 spiro atoms. The Morgan fingerprint density at radius 2 is 2.22 bits per heavy atom. The van der Waals surface area contributed by atoms with Gasteiger partial charge in [0, 0.05) is 0 Å². The summed E-state index contributed by atoms with van der Waals surface area (Å²) in [6.07, 6.45) is 1.43. The summed E-state index contributed by atoms with van der Waals surface area (Å²) in [5.74, 6) is 1.97. The molecule has 0 aliphatic rings. The zero-order valence-corrected chi connectivity index (χ0v) is 10.4. The second kappa shape index (κ2) is 5.50. The van der Waals surface area contributed by atoms with E-state index >= 15 is 0 Å². The van der Waals surface area contributed by atoms with Gasteiger partial charge in [0.15, 0.2) is 11.5 Å². The lowest BCUT2D eigenvalue weighted by Gasteiger charge is -2.13. The fourth-order valence-corrected chi connectivity index (χ4v) is 1.68. The van der Waals surface area contributed by atoms with Crippen LogP contribution in [0.1, 0.15) is 24.4 Å². The largest absolute Gasteiger partial charge is 0.493 e. The Morgan fingerprint density at radius 1 is 1.39 bits per heavy atom. The molecule has 3 N–H and O–H groups in total. The first-order chi connectivity index (χ1) is 8.76. The molecule has 1 heterocycles. The standard InChI is InChI=1S/C12H16N4O2/c1-3-18-9-5-4-8(6-10(9)17-2)11(13)12-14-7-15-16-12/h4-7,11H,3,13H2,1-2H3,(H,14,15,16)/t11-/m1/s1. The van der Waals surface area contributed by atoms with Gasteiger partial charge in [0.05, 0.1) is 19.8 Å². The maximum Gasteiger partial charge on any atom is 0.161 e. The predicted molar refractivity (Wildman–Crippen MR) is 66.6 cm³/mol. The fourth-order valence-electron chi connectivity index (χ4n) is 1.68. The van der Waals surface area contributed by atoms with E-state index in [1.165, 1.54) is 6.33 Å². The summed E-state index contributed by atoms with van der Waals surface area (Å²) in [6.45, 7) is 2.51. The summed E-state index contributed by atoms with van der Waals surface area (Å²) in [7, 11) is 1.60. The van der Waals surface area contributed by atoms with Crippen molar-refractivity contribution in [1.29, 1.82) is 0 Å². The van der Waals surface area contributed by atoms with Crippen LogP contribution in [0.5, 0.6) is 11.5 Å². The lowest BCUT2D eigenvalue weighted by molar-refractivity contribution is 0.310. The molecular formula is C12H16N4O2. The van der Waals surface area contributed by atoms with Crippen LogP contribution in [-0.2, 0) is 0 Å². The van der Waals surface area contributed by atoms with Crippen molar-refractivity contribution in [2.45, 2.75) is 13.0 Å². The number of aromatic nitrogens is 3. The Bertz CT molecular complexity index is 499. The van der Waals surface area contributed by atoms with Gasteiger partial charge in [-0.2, -0.15) is 5.10 Å². The number of hydrogen-bond donors (Lipinski definition) is 2. The molecule has 0 bridgehead atoms. The molecule has 0 amide bonds. The van der Waals surface area contributed by atoms with E-state index in [1.54, 1.807) is 7.11 Å². The number of benzene rings is 1. The van der Waals surface area contributed by atoms with E-state index in [-0.39, 0.29) is 6.04 Å². The summed E-state index contributed by atoms with van der Waals surface area (Å²) in [4.78, 5) is 4.04. The van der Waals surface area contributed by atoms with E-state index < -0.39 is 0 Å². The molecule has 6 nitrogen and oxygen atoms in total. The number of nitrogens with zero attached hydrogens (tertiary/aromatic N) is 2. The number of methoxy groups -OCH3 is 1. The van der Waals surface area contributed by atoms with Gasteiger partial charge in [0.1, 0.15) is 12.2 Å². The SMILES string of the molecule is CCOc1ccc([C@@H](N)c2ncn[nH]2)cc1OC. The van der Waals surface area contributed by atoms with Gasteiger partial charge in [-0.25, -0.2) is 4.98 Å². The lowest BCUT2D eigenvalue weighted by atomic mass is 10.1. The number of ether oxygens (including phenoxy) is 2. The van der Waals surface area contributed by atoms with Crippen LogP contribution in [0.25, 0.3) is 0 Å². The van der Waals surface area contributed by atoms with Crippen molar-refractivity contribution in [3.8, 4) is 11.5 Å². The molecular weight excluding hydrogens is 232 g/mol. The molecule has 0 saturated heterocycles. The summed E-state index contributed by atoms with van der Waals surface area (Å²) < 4.78 is 10.7. The van der Waals surface area contributed by atoms with Crippen molar-refractivity contribution in [1.82, 2.24) is 15.2 Å². The zero-order valence-electron chi connectivity index (χ0n) is 10.4. The third kappa shape index (κ3) is 2.43. The van der Waals surface area contributed by atoms with E-state index in [1.807, 2.05) is 25.1 Å². The van der Waals surface area contributed by atoms with Gasteiger partial charge >= 0.3 is 0 Å². The first-order valence-electron chi connectivity index (χ1n) is 5.67. The maximum absolute atomic E-state index is 6.08. The number of hydrogen-bond acceptors (Lipinski definition) is 5. The first kappa shape index (κ1) is 12.4. The summed E-state index contributed by atoms with van der Waals surface area (Å²) >= 11 is 0.